The van der Waals surface area contributed by atoms with Crippen molar-refractivity contribution in [1.29, 1.82) is 0 Å². The van der Waals surface area contributed by atoms with Gasteiger partial charge in [0, 0.05) is 27.8 Å². The summed E-state index contributed by atoms with van der Waals surface area (Å²) in [6, 6.07) is 2.10. The number of H-pyrrole nitrogens is 2. The van der Waals surface area contributed by atoms with Crippen LogP contribution in [0.15, 0.2) is 17.1 Å². The van der Waals surface area contributed by atoms with Crippen LogP contribution >= 0.6 is 23.1 Å². The van der Waals surface area contributed by atoms with E-state index in [0.29, 0.717) is 4.70 Å². The maximum atomic E-state index is 12.3. The molecule has 8 heteroatoms. The first-order valence-corrected chi connectivity index (χ1v) is 8.55. The normalized spacial score (nSPS) is 18.6. The average molecular weight is 319 g/mol. The molecule has 6 nitrogen and oxygen atoms in total. The van der Waals surface area contributed by atoms with E-state index in [1.165, 1.54) is 11.3 Å². The third-order valence-electron chi connectivity index (χ3n) is 3.54. The predicted molar refractivity (Wildman–Crippen MR) is 85.8 cm³/mol. The van der Waals surface area contributed by atoms with Gasteiger partial charge in [0.2, 0.25) is 0 Å². The average Bonchev–Trinajstić information content (AvgIpc) is 3.17. The molecule has 1 saturated heterocycles. The highest BCUT2D eigenvalue weighted by Crippen LogP contribution is 2.32. The van der Waals surface area contributed by atoms with E-state index in [9.17, 15) is 4.79 Å². The minimum atomic E-state index is -0.0638. The summed E-state index contributed by atoms with van der Waals surface area (Å²) in [7, 11) is 0. The number of hydrogen-bond donors (Lipinski definition) is 3. The molecule has 0 bridgehead atoms. The van der Waals surface area contributed by atoms with Crippen molar-refractivity contribution in [3.8, 4) is 10.4 Å². The first-order valence-electron chi connectivity index (χ1n) is 6.57. The number of aryl methyl sites for hydroxylation is 1. The van der Waals surface area contributed by atoms with Crippen molar-refractivity contribution in [3.63, 3.8) is 0 Å². The number of nitrogens with zero attached hydrogens (tertiary/aromatic N) is 2. The molecule has 0 aromatic carbocycles. The molecule has 1 aliphatic heterocycles. The molecule has 108 valence electrons. The van der Waals surface area contributed by atoms with E-state index in [0.717, 1.165) is 39.1 Å². The Balaban J connectivity index is 1.85. The number of aromatic nitrogens is 4. The summed E-state index contributed by atoms with van der Waals surface area (Å²) in [5.74, 6) is 2.56. The maximum absolute atomic E-state index is 12.3. The van der Waals surface area contributed by atoms with Crippen molar-refractivity contribution in [2.45, 2.75) is 13.0 Å². The lowest BCUT2D eigenvalue weighted by molar-refractivity contribution is 0.633. The number of rotatable bonds is 2. The molecule has 3 aromatic heterocycles. The highest BCUT2D eigenvalue weighted by molar-refractivity contribution is 7.99. The second kappa shape index (κ2) is 4.97. The van der Waals surface area contributed by atoms with E-state index < -0.39 is 0 Å². The molecule has 3 aromatic rings. The smallest absolute Gasteiger partial charge is 0.268 e. The fourth-order valence-electron chi connectivity index (χ4n) is 2.43. The zero-order valence-electron chi connectivity index (χ0n) is 11.3. The van der Waals surface area contributed by atoms with Crippen molar-refractivity contribution in [2.24, 2.45) is 0 Å². The van der Waals surface area contributed by atoms with Gasteiger partial charge in [-0.1, -0.05) is 0 Å². The number of fused-ring (bicyclic) bond motifs is 1. The van der Waals surface area contributed by atoms with Crippen molar-refractivity contribution in [1.82, 2.24) is 25.5 Å². The number of nitrogens with one attached hydrogen (secondary N) is 3. The first kappa shape index (κ1) is 13.1. The van der Waals surface area contributed by atoms with Crippen molar-refractivity contribution in [2.75, 3.05) is 11.6 Å². The van der Waals surface area contributed by atoms with Crippen LogP contribution in [-0.2, 0) is 0 Å². The number of aromatic amines is 2. The van der Waals surface area contributed by atoms with E-state index in [4.69, 9.17) is 0 Å². The Morgan fingerprint density at radius 2 is 2.33 bits per heavy atom. The summed E-state index contributed by atoms with van der Waals surface area (Å²) in [6.45, 7) is 1.97. The van der Waals surface area contributed by atoms with Crippen molar-refractivity contribution < 1.29 is 0 Å². The SMILES string of the molecule is Cc1[nH]ncc1-c1cc2nc([C@@H]3CSCN3)[nH]c(=O)c2s1. The Morgan fingerprint density at radius 1 is 1.43 bits per heavy atom. The lowest BCUT2D eigenvalue weighted by Gasteiger charge is -2.07. The van der Waals surface area contributed by atoms with Crippen LogP contribution < -0.4 is 10.9 Å². The Kier molecular flexibility index (Phi) is 3.09. The van der Waals surface area contributed by atoms with Crippen LogP contribution in [-0.4, -0.2) is 31.8 Å². The van der Waals surface area contributed by atoms with Crippen molar-refractivity contribution >= 4 is 33.3 Å². The molecular formula is C13H13N5OS2. The molecule has 0 spiro atoms. The van der Waals surface area contributed by atoms with Gasteiger partial charge >= 0.3 is 0 Å². The van der Waals surface area contributed by atoms with Gasteiger partial charge < -0.3 is 4.98 Å². The lowest BCUT2D eigenvalue weighted by Crippen LogP contribution is -2.21. The van der Waals surface area contributed by atoms with Gasteiger partial charge in [0.05, 0.1) is 17.8 Å². The first-order chi connectivity index (χ1) is 10.2. The molecule has 4 heterocycles. The molecule has 3 N–H and O–H groups in total. The summed E-state index contributed by atoms with van der Waals surface area (Å²) in [4.78, 5) is 20.8. The molecule has 0 amide bonds. The van der Waals surface area contributed by atoms with Crippen LogP contribution in [0.3, 0.4) is 0 Å². The number of hydrogen-bond acceptors (Lipinski definition) is 6. The zero-order valence-corrected chi connectivity index (χ0v) is 12.9. The van der Waals surface area contributed by atoms with Gasteiger partial charge in [0.15, 0.2) is 0 Å². The molecule has 1 fully saturated rings. The van der Waals surface area contributed by atoms with Crippen LogP contribution in [0.4, 0.5) is 0 Å². The third kappa shape index (κ3) is 2.19. The summed E-state index contributed by atoms with van der Waals surface area (Å²) in [6.07, 6.45) is 1.78. The van der Waals surface area contributed by atoms with Crippen LogP contribution in [0, 0.1) is 6.92 Å². The topological polar surface area (TPSA) is 86.5 Å². The van der Waals surface area contributed by atoms with E-state index in [1.54, 1.807) is 6.20 Å². The summed E-state index contributed by atoms with van der Waals surface area (Å²) < 4.78 is 0.667. The second-order valence-corrected chi connectivity index (χ2v) is 7.04. The van der Waals surface area contributed by atoms with Gasteiger partial charge in [-0.3, -0.25) is 15.2 Å². The quantitative estimate of drug-likeness (QED) is 0.673. The molecule has 21 heavy (non-hydrogen) atoms. The summed E-state index contributed by atoms with van der Waals surface area (Å²) in [5.41, 5.74) is 2.71. The number of thioether (sulfide) groups is 1. The molecule has 1 atom stereocenters. The van der Waals surface area contributed by atoms with E-state index >= 15 is 0 Å². The predicted octanol–water partition coefficient (Wildman–Crippen LogP) is 2.02. The molecule has 0 aliphatic carbocycles. The highest BCUT2D eigenvalue weighted by Gasteiger charge is 2.21. The molecule has 1 aliphatic rings. The standard InChI is InChI=1S/C13H13N5OS2/c1-6-7(3-15-18-6)10-2-8-11(21-10)13(19)17-12(16-8)9-4-20-5-14-9/h2-3,9,14H,4-5H2,1H3,(H,15,18)(H,16,17,19)/t9-/m0/s1. The van der Waals surface area contributed by atoms with Crippen LogP contribution in [0.2, 0.25) is 0 Å². The monoisotopic (exact) mass is 319 g/mol. The van der Waals surface area contributed by atoms with Gasteiger partial charge in [-0.15, -0.1) is 23.1 Å². The van der Waals surface area contributed by atoms with Gasteiger partial charge in [-0.05, 0) is 13.0 Å². The van der Waals surface area contributed by atoms with Gasteiger partial charge in [-0.25, -0.2) is 4.98 Å². The minimum absolute atomic E-state index is 0.0638. The fraction of sp³-hybridized carbons (Fsp3) is 0.308. The summed E-state index contributed by atoms with van der Waals surface area (Å²) in [5, 5.41) is 10.3. The van der Waals surface area contributed by atoms with E-state index in [2.05, 4.69) is 25.5 Å². The van der Waals surface area contributed by atoms with Gasteiger partial charge in [-0.2, -0.15) is 5.10 Å². The molecule has 0 radical (unpaired) electrons. The Hall–Kier alpha value is -1.64. The molecular weight excluding hydrogens is 306 g/mol. The van der Waals surface area contributed by atoms with E-state index in [-0.39, 0.29) is 11.6 Å². The third-order valence-corrected chi connectivity index (χ3v) is 5.64. The lowest BCUT2D eigenvalue weighted by atomic mass is 10.2. The molecule has 0 saturated carbocycles. The fourth-order valence-corrected chi connectivity index (χ4v) is 4.43. The molecule has 4 rings (SSSR count). The largest absolute Gasteiger partial charge is 0.308 e. The van der Waals surface area contributed by atoms with Crippen LogP contribution in [0.5, 0.6) is 0 Å². The Morgan fingerprint density at radius 3 is 3.05 bits per heavy atom. The number of thiophene rings is 1. The molecule has 0 unspecified atom stereocenters. The Bertz CT molecular complexity index is 859. The van der Waals surface area contributed by atoms with Gasteiger partial charge in [0.1, 0.15) is 10.5 Å². The zero-order chi connectivity index (χ0) is 14.4. The maximum Gasteiger partial charge on any atom is 0.268 e. The van der Waals surface area contributed by atoms with Gasteiger partial charge in [0.25, 0.3) is 5.56 Å². The van der Waals surface area contributed by atoms with Crippen LogP contribution in [0.1, 0.15) is 17.6 Å². The van der Waals surface area contributed by atoms with Crippen molar-refractivity contribution in [3.05, 3.63) is 34.1 Å². The Labute approximate surface area is 128 Å². The second-order valence-electron chi connectivity index (χ2n) is 4.96. The highest BCUT2D eigenvalue weighted by atomic mass is 32.2. The van der Waals surface area contributed by atoms with Crippen LogP contribution in [0.25, 0.3) is 20.7 Å². The van der Waals surface area contributed by atoms with E-state index in [1.807, 2.05) is 24.8 Å². The summed E-state index contributed by atoms with van der Waals surface area (Å²) >= 11 is 3.27. The minimum Gasteiger partial charge on any atom is -0.308 e.